The largest absolute Gasteiger partial charge is 0.497 e. The van der Waals surface area contributed by atoms with Gasteiger partial charge in [0.05, 0.1) is 7.11 Å². The van der Waals surface area contributed by atoms with E-state index in [1.165, 1.54) is 13.2 Å². The number of benzene rings is 1. The minimum atomic E-state index is -1.56. The van der Waals surface area contributed by atoms with E-state index in [4.69, 9.17) is 26.4 Å². The molecule has 0 fully saturated rings. The molecule has 0 bridgehead atoms. The van der Waals surface area contributed by atoms with Crippen LogP contribution in [-0.4, -0.2) is 24.3 Å². The lowest BCUT2D eigenvalue weighted by Crippen LogP contribution is -2.31. The van der Waals surface area contributed by atoms with Crippen molar-refractivity contribution in [2.75, 3.05) is 7.11 Å². The predicted molar refractivity (Wildman–Crippen MR) is 59.2 cm³/mol. The van der Waals surface area contributed by atoms with Crippen LogP contribution in [0, 0.1) is 0 Å². The van der Waals surface area contributed by atoms with Gasteiger partial charge < -0.3 is 14.8 Å². The van der Waals surface area contributed by atoms with Gasteiger partial charge in [-0.25, -0.2) is 0 Å². The van der Waals surface area contributed by atoms with Crippen molar-refractivity contribution in [3.63, 3.8) is 0 Å². The average molecular weight is 216 g/mol. The normalized spacial score (nSPS) is 8.71. The van der Waals surface area contributed by atoms with Gasteiger partial charge in [0.1, 0.15) is 5.75 Å². The second kappa shape index (κ2) is 6.70. The molecule has 78 valence electrons. The summed E-state index contributed by atoms with van der Waals surface area (Å²) in [5, 5.41) is 18.2. The molecular weight excluding hydrogens is 202 g/mol. The highest BCUT2D eigenvalue weighted by Crippen LogP contribution is 2.13. The molecule has 0 spiro atoms. The number of halogens is 1. The molecule has 1 aromatic carbocycles. The lowest BCUT2D eigenvalue weighted by atomic mass is 9.79. The van der Waals surface area contributed by atoms with Gasteiger partial charge in [0.15, 0.2) is 0 Å². The quantitative estimate of drug-likeness (QED) is 0.727. The summed E-state index contributed by atoms with van der Waals surface area (Å²) in [5.74, 6) is 0.411. The van der Waals surface area contributed by atoms with Gasteiger partial charge in [0.2, 0.25) is 0 Å². The van der Waals surface area contributed by atoms with Crippen LogP contribution in [0.15, 0.2) is 18.2 Å². The molecule has 2 N–H and O–H groups in total. The fourth-order valence-electron chi connectivity index (χ4n) is 0.907. The fraction of sp³-hybridized carbons (Fsp3) is 0.333. The monoisotopic (exact) mass is 216 g/mol. The minimum absolute atomic E-state index is 0.269. The van der Waals surface area contributed by atoms with Crippen molar-refractivity contribution in [2.45, 2.75) is 13.8 Å². The minimum Gasteiger partial charge on any atom is -0.497 e. The maximum Gasteiger partial charge on any atom is 0.492 e. The van der Waals surface area contributed by atoms with Gasteiger partial charge >= 0.3 is 7.12 Å². The highest BCUT2D eigenvalue weighted by atomic mass is 35.5. The lowest BCUT2D eigenvalue weighted by molar-refractivity contribution is 0.403. The summed E-state index contributed by atoms with van der Waals surface area (Å²) < 4.78 is 4.88. The van der Waals surface area contributed by atoms with Gasteiger partial charge in [-0.3, -0.25) is 0 Å². The van der Waals surface area contributed by atoms with Gasteiger partial charge in [-0.15, -0.1) is 0 Å². The van der Waals surface area contributed by atoms with Crippen LogP contribution in [-0.2, 0) is 0 Å². The summed E-state index contributed by atoms with van der Waals surface area (Å²) >= 11 is 5.64. The smallest absolute Gasteiger partial charge is 0.492 e. The van der Waals surface area contributed by atoms with Gasteiger partial charge in [0.25, 0.3) is 0 Å². The van der Waals surface area contributed by atoms with Gasteiger partial charge in [-0.1, -0.05) is 25.4 Å². The standard InChI is InChI=1S/C7H8BClO3.C2H6/c1-12-7-3-2-5(9)4-6(7)8(10)11;1-2/h2-4,10-11H,1H3;1-2H3. The van der Waals surface area contributed by atoms with Crippen LogP contribution in [0.3, 0.4) is 0 Å². The zero-order valence-electron chi connectivity index (χ0n) is 8.49. The first-order valence-electron chi connectivity index (χ1n) is 4.34. The van der Waals surface area contributed by atoms with E-state index >= 15 is 0 Å². The van der Waals surface area contributed by atoms with E-state index < -0.39 is 7.12 Å². The molecule has 14 heavy (non-hydrogen) atoms. The van der Waals surface area contributed by atoms with Crippen LogP contribution in [0.25, 0.3) is 0 Å². The molecular formula is C9H14BClO3. The average Bonchev–Trinajstić information content (AvgIpc) is 2.20. The zero-order valence-corrected chi connectivity index (χ0v) is 9.25. The van der Waals surface area contributed by atoms with Crippen molar-refractivity contribution >= 4 is 24.2 Å². The van der Waals surface area contributed by atoms with Crippen molar-refractivity contribution in [1.82, 2.24) is 0 Å². The Balaban J connectivity index is 0.000000791. The molecule has 1 rings (SSSR count). The van der Waals surface area contributed by atoms with E-state index in [1.54, 1.807) is 12.1 Å². The molecule has 0 saturated heterocycles. The van der Waals surface area contributed by atoms with Crippen LogP contribution >= 0.6 is 11.6 Å². The molecule has 0 aliphatic heterocycles. The van der Waals surface area contributed by atoms with Gasteiger partial charge in [0, 0.05) is 10.5 Å². The van der Waals surface area contributed by atoms with E-state index in [0.717, 1.165) is 0 Å². The summed E-state index contributed by atoms with van der Waals surface area (Å²) in [7, 11) is -0.103. The molecule has 0 heterocycles. The molecule has 0 unspecified atom stereocenters. The van der Waals surface area contributed by atoms with Crippen molar-refractivity contribution < 1.29 is 14.8 Å². The Labute approximate surface area is 89.4 Å². The van der Waals surface area contributed by atoms with Crippen molar-refractivity contribution in [3.05, 3.63) is 23.2 Å². The molecule has 5 heteroatoms. The molecule has 0 aliphatic rings. The molecule has 0 amide bonds. The third-order valence-electron chi connectivity index (χ3n) is 1.47. The summed E-state index contributed by atoms with van der Waals surface area (Å²) in [6.45, 7) is 4.00. The van der Waals surface area contributed by atoms with Crippen LogP contribution in [0.1, 0.15) is 13.8 Å². The number of hydrogen-bond acceptors (Lipinski definition) is 3. The van der Waals surface area contributed by atoms with Crippen molar-refractivity contribution in [3.8, 4) is 5.75 Å². The number of ether oxygens (including phenoxy) is 1. The molecule has 0 radical (unpaired) electrons. The zero-order chi connectivity index (χ0) is 11.1. The third-order valence-corrected chi connectivity index (χ3v) is 1.71. The van der Waals surface area contributed by atoms with Gasteiger partial charge in [-0.05, 0) is 18.2 Å². The third kappa shape index (κ3) is 3.58. The Kier molecular flexibility index (Phi) is 6.37. The number of hydrogen-bond donors (Lipinski definition) is 2. The summed E-state index contributed by atoms with van der Waals surface area (Å²) in [5.41, 5.74) is 0.269. The SMILES string of the molecule is CC.COc1ccc(Cl)cc1B(O)O. The Morgan fingerprint density at radius 1 is 1.29 bits per heavy atom. The first-order valence-corrected chi connectivity index (χ1v) is 4.72. The molecule has 3 nitrogen and oxygen atoms in total. The van der Waals surface area contributed by atoms with E-state index in [2.05, 4.69) is 0 Å². The Morgan fingerprint density at radius 3 is 2.29 bits per heavy atom. The predicted octanol–water partition coefficient (Wildman–Crippen LogP) is 1.05. The highest BCUT2D eigenvalue weighted by molar-refractivity contribution is 6.60. The molecule has 0 aromatic heterocycles. The van der Waals surface area contributed by atoms with E-state index in [0.29, 0.717) is 10.8 Å². The first kappa shape index (κ1) is 13.3. The Morgan fingerprint density at radius 2 is 1.86 bits per heavy atom. The maximum atomic E-state index is 8.88. The first-order chi connectivity index (χ1) is 6.65. The van der Waals surface area contributed by atoms with Crippen LogP contribution in [0.4, 0.5) is 0 Å². The molecule has 0 atom stereocenters. The van der Waals surface area contributed by atoms with Crippen molar-refractivity contribution in [1.29, 1.82) is 0 Å². The van der Waals surface area contributed by atoms with E-state index in [-0.39, 0.29) is 5.46 Å². The summed E-state index contributed by atoms with van der Waals surface area (Å²) in [4.78, 5) is 0. The van der Waals surface area contributed by atoms with Gasteiger partial charge in [-0.2, -0.15) is 0 Å². The van der Waals surface area contributed by atoms with Crippen LogP contribution in [0.2, 0.25) is 5.02 Å². The second-order valence-electron chi connectivity index (χ2n) is 2.26. The lowest BCUT2D eigenvalue weighted by Gasteiger charge is -2.06. The van der Waals surface area contributed by atoms with E-state index in [1.807, 2.05) is 13.8 Å². The topological polar surface area (TPSA) is 49.7 Å². The number of methoxy groups -OCH3 is 1. The molecule has 1 aromatic rings. The van der Waals surface area contributed by atoms with Crippen LogP contribution in [0.5, 0.6) is 5.75 Å². The fourth-order valence-corrected chi connectivity index (χ4v) is 1.09. The number of rotatable bonds is 2. The maximum absolute atomic E-state index is 8.88. The summed E-state index contributed by atoms with van der Waals surface area (Å²) in [6, 6.07) is 4.65. The van der Waals surface area contributed by atoms with E-state index in [9.17, 15) is 0 Å². The highest BCUT2D eigenvalue weighted by Gasteiger charge is 2.16. The summed E-state index contributed by atoms with van der Waals surface area (Å²) in [6.07, 6.45) is 0. The van der Waals surface area contributed by atoms with Crippen molar-refractivity contribution in [2.24, 2.45) is 0 Å². The van der Waals surface area contributed by atoms with Crippen LogP contribution < -0.4 is 10.2 Å². The second-order valence-corrected chi connectivity index (χ2v) is 2.70. The Bertz CT molecular complexity index is 279. The Hall–Kier alpha value is -0.705. The molecule has 0 aliphatic carbocycles. The molecule has 0 saturated carbocycles.